The molecule has 0 amide bonds. The summed E-state index contributed by atoms with van der Waals surface area (Å²) < 4.78 is 42.1. The van der Waals surface area contributed by atoms with Crippen LogP contribution in [0.3, 0.4) is 0 Å². The summed E-state index contributed by atoms with van der Waals surface area (Å²) in [4.78, 5) is 0. The van der Waals surface area contributed by atoms with E-state index in [1.54, 1.807) is 10.9 Å². The number of fused-ring (bicyclic) bond motifs is 1. The number of aromatic nitrogens is 2. The number of aryl methyl sites for hydroxylation is 1. The van der Waals surface area contributed by atoms with Gasteiger partial charge in [-0.05, 0) is 19.3 Å². The van der Waals surface area contributed by atoms with Crippen molar-refractivity contribution in [3.63, 3.8) is 0 Å². The lowest BCUT2D eigenvalue weighted by atomic mass is 9.93. The van der Waals surface area contributed by atoms with Gasteiger partial charge in [-0.2, -0.15) is 5.10 Å². The van der Waals surface area contributed by atoms with E-state index >= 15 is 0 Å². The maximum absolute atomic E-state index is 13.7. The van der Waals surface area contributed by atoms with E-state index in [0.29, 0.717) is 12.1 Å². The Morgan fingerprint density at radius 3 is 2.65 bits per heavy atom. The van der Waals surface area contributed by atoms with E-state index in [1.807, 2.05) is 7.05 Å². The molecule has 0 saturated heterocycles. The largest absolute Gasteiger partial charge is 0.373 e. The Labute approximate surface area is 114 Å². The second-order valence-corrected chi connectivity index (χ2v) is 5.00. The van der Waals surface area contributed by atoms with Crippen LogP contribution in [-0.2, 0) is 13.5 Å². The first-order valence-electron chi connectivity index (χ1n) is 6.48. The summed E-state index contributed by atoms with van der Waals surface area (Å²) in [5.41, 5.74) is 1.73. The molecule has 1 unspecified atom stereocenters. The molecule has 106 valence electrons. The predicted molar refractivity (Wildman–Crippen MR) is 68.8 cm³/mol. The summed E-state index contributed by atoms with van der Waals surface area (Å²) in [5, 5.41) is 7.02. The third kappa shape index (κ3) is 2.15. The zero-order chi connectivity index (χ0) is 14.3. The fourth-order valence-electron chi connectivity index (χ4n) is 2.71. The van der Waals surface area contributed by atoms with Crippen molar-refractivity contribution in [2.45, 2.75) is 25.3 Å². The van der Waals surface area contributed by atoms with E-state index in [2.05, 4.69) is 10.4 Å². The fraction of sp³-hybridized carbons (Fsp3) is 0.357. The summed E-state index contributed by atoms with van der Waals surface area (Å²) in [6.07, 6.45) is 4.29. The van der Waals surface area contributed by atoms with Gasteiger partial charge in [0.1, 0.15) is 11.5 Å². The molecule has 6 heteroatoms. The van der Waals surface area contributed by atoms with Crippen LogP contribution in [0.5, 0.6) is 0 Å². The van der Waals surface area contributed by atoms with Crippen molar-refractivity contribution >= 4 is 5.69 Å². The quantitative estimate of drug-likeness (QED) is 0.915. The Morgan fingerprint density at radius 1 is 1.25 bits per heavy atom. The first-order valence-corrected chi connectivity index (χ1v) is 6.48. The number of nitrogens with zero attached hydrogens (tertiary/aromatic N) is 2. The molecule has 0 bridgehead atoms. The Kier molecular flexibility index (Phi) is 3.16. The highest BCUT2D eigenvalue weighted by molar-refractivity contribution is 5.49. The lowest BCUT2D eigenvalue weighted by Crippen LogP contribution is -2.19. The first-order chi connectivity index (χ1) is 9.56. The van der Waals surface area contributed by atoms with Crippen LogP contribution in [0, 0.1) is 17.5 Å². The van der Waals surface area contributed by atoms with Gasteiger partial charge >= 0.3 is 0 Å². The van der Waals surface area contributed by atoms with E-state index in [4.69, 9.17) is 0 Å². The van der Waals surface area contributed by atoms with E-state index < -0.39 is 17.5 Å². The minimum Gasteiger partial charge on any atom is -0.373 e. The van der Waals surface area contributed by atoms with Crippen LogP contribution in [0.1, 0.15) is 30.1 Å². The van der Waals surface area contributed by atoms with Gasteiger partial charge in [-0.3, -0.25) is 4.68 Å². The second kappa shape index (κ2) is 4.85. The van der Waals surface area contributed by atoms with Crippen molar-refractivity contribution in [1.82, 2.24) is 9.78 Å². The Balaban J connectivity index is 1.93. The SMILES string of the molecule is Cn1ncc2c1CCCC2Nc1c(F)cc(F)cc1F. The van der Waals surface area contributed by atoms with Crippen LogP contribution < -0.4 is 5.32 Å². The highest BCUT2D eigenvalue weighted by Gasteiger charge is 2.25. The molecular weight excluding hydrogens is 267 g/mol. The summed E-state index contributed by atoms with van der Waals surface area (Å²) in [5.74, 6) is -2.76. The lowest BCUT2D eigenvalue weighted by Gasteiger charge is -2.25. The maximum atomic E-state index is 13.7. The molecule has 1 aliphatic carbocycles. The molecule has 20 heavy (non-hydrogen) atoms. The summed E-state index contributed by atoms with van der Waals surface area (Å²) in [7, 11) is 1.85. The number of nitrogens with one attached hydrogen (secondary N) is 1. The zero-order valence-electron chi connectivity index (χ0n) is 11.0. The number of anilines is 1. The Hall–Kier alpha value is -1.98. The average molecular weight is 281 g/mol. The Bertz CT molecular complexity index is 628. The highest BCUT2D eigenvalue weighted by Crippen LogP contribution is 2.33. The van der Waals surface area contributed by atoms with Gasteiger partial charge in [0.05, 0.1) is 12.2 Å². The second-order valence-electron chi connectivity index (χ2n) is 5.00. The molecule has 2 aromatic rings. The minimum absolute atomic E-state index is 0.207. The molecule has 0 saturated carbocycles. The van der Waals surface area contributed by atoms with Crippen LogP contribution in [0.2, 0.25) is 0 Å². The highest BCUT2D eigenvalue weighted by atomic mass is 19.1. The van der Waals surface area contributed by atoms with Crippen LogP contribution in [0.15, 0.2) is 18.3 Å². The predicted octanol–water partition coefficient (Wildman–Crippen LogP) is 3.33. The first kappa shape index (κ1) is 13.0. The third-order valence-electron chi connectivity index (χ3n) is 3.70. The van der Waals surface area contributed by atoms with Crippen molar-refractivity contribution in [1.29, 1.82) is 0 Å². The topological polar surface area (TPSA) is 29.9 Å². The van der Waals surface area contributed by atoms with E-state index in [-0.39, 0.29) is 11.7 Å². The van der Waals surface area contributed by atoms with E-state index in [0.717, 1.165) is 30.5 Å². The molecule has 0 spiro atoms. The van der Waals surface area contributed by atoms with Gasteiger partial charge in [-0.1, -0.05) is 0 Å². The van der Waals surface area contributed by atoms with Gasteiger partial charge in [-0.25, -0.2) is 13.2 Å². The number of hydrogen-bond acceptors (Lipinski definition) is 2. The van der Waals surface area contributed by atoms with E-state index in [9.17, 15) is 13.2 Å². The molecule has 1 aliphatic rings. The van der Waals surface area contributed by atoms with Crippen molar-refractivity contribution in [3.8, 4) is 0 Å². The van der Waals surface area contributed by atoms with E-state index in [1.165, 1.54) is 0 Å². The number of halogens is 3. The van der Waals surface area contributed by atoms with Gasteiger partial charge in [-0.15, -0.1) is 0 Å². The fourth-order valence-corrected chi connectivity index (χ4v) is 2.71. The van der Waals surface area contributed by atoms with Gasteiger partial charge in [0, 0.05) is 30.4 Å². The van der Waals surface area contributed by atoms with Crippen LogP contribution in [0.25, 0.3) is 0 Å². The molecular formula is C14H14F3N3. The van der Waals surface area contributed by atoms with Crippen LogP contribution in [0.4, 0.5) is 18.9 Å². The van der Waals surface area contributed by atoms with Crippen molar-refractivity contribution < 1.29 is 13.2 Å². The van der Waals surface area contributed by atoms with Gasteiger partial charge < -0.3 is 5.32 Å². The molecule has 0 aliphatic heterocycles. The molecule has 3 rings (SSSR count). The molecule has 1 aromatic heterocycles. The maximum Gasteiger partial charge on any atom is 0.152 e. The normalized spacial score (nSPS) is 17.9. The molecule has 0 fully saturated rings. The van der Waals surface area contributed by atoms with Gasteiger partial charge in [0.2, 0.25) is 0 Å². The lowest BCUT2D eigenvalue weighted by molar-refractivity contribution is 0.532. The minimum atomic E-state index is -0.920. The summed E-state index contributed by atoms with van der Waals surface area (Å²) in [6, 6.07) is 1.15. The summed E-state index contributed by atoms with van der Waals surface area (Å²) in [6.45, 7) is 0. The standard InChI is InChI=1S/C14H14F3N3/c1-20-13-4-2-3-12(9(13)7-18-20)19-14-10(16)5-8(15)6-11(14)17/h5-7,12,19H,2-4H2,1H3. The molecule has 3 nitrogen and oxygen atoms in total. The molecule has 1 heterocycles. The molecule has 1 aromatic carbocycles. The van der Waals surface area contributed by atoms with Crippen LogP contribution >= 0.6 is 0 Å². The van der Waals surface area contributed by atoms with Gasteiger partial charge in [0.25, 0.3) is 0 Å². The smallest absolute Gasteiger partial charge is 0.152 e. The average Bonchev–Trinajstić information content (AvgIpc) is 2.77. The van der Waals surface area contributed by atoms with Crippen molar-refractivity contribution in [2.75, 3.05) is 5.32 Å². The Morgan fingerprint density at radius 2 is 1.95 bits per heavy atom. The van der Waals surface area contributed by atoms with Crippen molar-refractivity contribution in [3.05, 3.63) is 47.0 Å². The third-order valence-corrected chi connectivity index (χ3v) is 3.70. The summed E-state index contributed by atoms with van der Waals surface area (Å²) >= 11 is 0. The molecule has 0 radical (unpaired) electrons. The molecule has 1 N–H and O–H groups in total. The number of benzene rings is 1. The monoisotopic (exact) mass is 281 g/mol. The van der Waals surface area contributed by atoms with Gasteiger partial charge in [0.15, 0.2) is 11.6 Å². The zero-order valence-corrected chi connectivity index (χ0v) is 11.0. The number of hydrogen-bond donors (Lipinski definition) is 1. The van der Waals surface area contributed by atoms with Crippen molar-refractivity contribution in [2.24, 2.45) is 7.05 Å². The molecule has 1 atom stereocenters. The number of rotatable bonds is 2. The van der Waals surface area contributed by atoms with Crippen LogP contribution in [-0.4, -0.2) is 9.78 Å².